The molecule has 2 amide bonds. The molecule has 32 heavy (non-hydrogen) atoms. The monoisotopic (exact) mass is 456 g/mol. The van der Waals surface area contributed by atoms with Gasteiger partial charge in [-0.15, -0.1) is 5.10 Å². The Morgan fingerprint density at radius 2 is 2.03 bits per heavy atom. The van der Waals surface area contributed by atoms with Crippen molar-refractivity contribution in [1.82, 2.24) is 19.4 Å². The molecule has 0 aliphatic carbocycles. The van der Waals surface area contributed by atoms with Gasteiger partial charge < -0.3 is 14.2 Å². The lowest BCUT2D eigenvalue weighted by molar-refractivity contribution is 0.0517. The van der Waals surface area contributed by atoms with E-state index in [4.69, 9.17) is 4.42 Å². The molecule has 0 bridgehead atoms. The summed E-state index contributed by atoms with van der Waals surface area (Å²) in [7, 11) is 1.76. The minimum atomic E-state index is -0.276. The van der Waals surface area contributed by atoms with Gasteiger partial charge in [-0.2, -0.15) is 0 Å². The summed E-state index contributed by atoms with van der Waals surface area (Å²) in [6, 6.07) is 8.12. The van der Waals surface area contributed by atoms with Crippen LogP contribution in [0.15, 0.2) is 46.4 Å². The normalized spacial score (nSPS) is 15.5. The van der Waals surface area contributed by atoms with E-state index in [-0.39, 0.29) is 29.6 Å². The largest absolute Gasteiger partial charge is 0.469 e. The number of likely N-dealkylation sites (tertiary alicyclic amines) is 1. The minimum absolute atomic E-state index is 0.119. The maximum Gasteiger partial charge on any atom is 0.275 e. The SMILES string of the molecule is Cc1occc1C(=O)N(C)[C@H](Cc1ccccc1F)C1CCN(C(=O)c2csnn2)CC1. The maximum atomic E-state index is 14.5. The molecule has 0 spiro atoms. The molecule has 1 aliphatic rings. The molecule has 2 aromatic heterocycles. The maximum absolute atomic E-state index is 14.5. The van der Waals surface area contributed by atoms with Gasteiger partial charge in [-0.05, 0) is 61.3 Å². The average molecular weight is 457 g/mol. The molecule has 1 saturated heterocycles. The topological polar surface area (TPSA) is 79.5 Å². The van der Waals surface area contributed by atoms with Gasteiger partial charge in [0.05, 0.1) is 11.8 Å². The minimum Gasteiger partial charge on any atom is -0.469 e. The third-order valence-corrected chi connectivity index (χ3v) is 6.75. The van der Waals surface area contributed by atoms with Gasteiger partial charge >= 0.3 is 0 Å². The fraction of sp³-hybridized carbons (Fsp3) is 0.391. The van der Waals surface area contributed by atoms with E-state index in [2.05, 4.69) is 9.59 Å². The number of carbonyl (C=O) groups is 2. The van der Waals surface area contributed by atoms with Crippen LogP contribution < -0.4 is 0 Å². The summed E-state index contributed by atoms with van der Waals surface area (Å²) in [6.45, 7) is 2.87. The summed E-state index contributed by atoms with van der Waals surface area (Å²) < 4.78 is 23.5. The summed E-state index contributed by atoms with van der Waals surface area (Å²) >= 11 is 1.15. The van der Waals surface area contributed by atoms with Crippen molar-refractivity contribution >= 4 is 23.3 Å². The van der Waals surface area contributed by atoms with E-state index < -0.39 is 0 Å². The molecule has 9 heteroatoms. The molecular formula is C23H25FN4O3S. The number of rotatable bonds is 6. The fourth-order valence-electron chi connectivity index (χ4n) is 4.36. The van der Waals surface area contributed by atoms with Crippen LogP contribution in [0.1, 0.15) is 45.0 Å². The van der Waals surface area contributed by atoms with E-state index in [0.29, 0.717) is 54.9 Å². The molecule has 1 fully saturated rings. The lowest BCUT2D eigenvalue weighted by Gasteiger charge is -2.40. The van der Waals surface area contributed by atoms with E-state index in [0.717, 1.165) is 11.5 Å². The van der Waals surface area contributed by atoms with Gasteiger partial charge in [-0.3, -0.25) is 9.59 Å². The zero-order chi connectivity index (χ0) is 22.7. The second-order valence-corrected chi connectivity index (χ2v) is 8.70. The van der Waals surface area contributed by atoms with Crippen molar-refractivity contribution in [2.24, 2.45) is 5.92 Å². The Morgan fingerprint density at radius 1 is 1.28 bits per heavy atom. The molecule has 168 valence electrons. The Balaban J connectivity index is 1.53. The van der Waals surface area contributed by atoms with Crippen molar-refractivity contribution in [3.63, 3.8) is 0 Å². The number of nitrogens with zero attached hydrogens (tertiary/aromatic N) is 4. The van der Waals surface area contributed by atoms with Gasteiger partial charge in [0.1, 0.15) is 11.6 Å². The van der Waals surface area contributed by atoms with Crippen LogP contribution in [0.4, 0.5) is 4.39 Å². The van der Waals surface area contributed by atoms with Gasteiger partial charge in [0.2, 0.25) is 0 Å². The van der Waals surface area contributed by atoms with Crippen LogP contribution >= 0.6 is 11.5 Å². The number of piperidine rings is 1. The first kappa shape index (κ1) is 22.1. The summed E-state index contributed by atoms with van der Waals surface area (Å²) in [5.74, 6) is 0.129. The van der Waals surface area contributed by atoms with Crippen LogP contribution in [0.3, 0.4) is 0 Å². The smallest absolute Gasteiger partial charge is 0.275 e. The third-order valence-electron chi connectivity index (χ3n) is 6.24. The van der Waals surface area contributed by atoms with Crippen molar-refractivity contribution < 1.29 is 18.4 Å². The first-order valence-corrected chi connectivity index (χ1v) is 11.4. The highest BCUT2D eigenvalue weighted by Crippen LogP contribution is 2.29. The van der Waals surface area contributed by atoms with Crippen LogP contribution in [0.2, 0.25) is 0 Å². The van der Waals surface area contributed by atoms with Crippen molar-refractivity contribution in [2.45, 2.75) is 32.2 Å². The highest BCUT2D eigenvalue weighted by Gasteiger charge is 2.34. The molecule has 1 aliphatic heterocycles. The van der Waals surface area contributed by atoms with Crippen LogP contribution in [0.25, 0.3) is 0 Å². The number of carbonyl (C=O) groups excluding carboxylic acids is 2. The molecule has 3 heterocycles. The van der Waals surface area contributed by atoms with Gasteiger partial charge in [-0.1, -0.05) is 22.7 Å². The van der Waals surface area contributed by atoms with Gasteiger partial charge in [0.15, 0.2) is 5.69 Å². The van der Waals surface area contributed by atoms with Crippen molar-refractivity contribution in [3.05, 3.63) is 70.4 Å². The molecule has 1 atom stereocenters. The Labute approximate surface area is 190 Å². The first-order valence-electron chi connectivity index (χ1n) is 10.6. The number of halogens is 1. The zero-order valence-corrected chi connectivity index (χ0v) is 18.8. The summed E-state index contributed by atoms with van der Waals surface area (Å²) in [5.41, 5.74) is 1.45. The average Bonchev–Trinajstić information content (AvgIpc) is 3.49. The summed E-state index contributed by atoms with van der Waals surface area (Å²) in [6.07, 6.45) is 3.33. The highest BCUT2D eigenvalue weighted by atomic mass is 32.1. The molecule has 3 aromatic rings. The van der Waals surface area contributed by atoms with Gasteiger partial charge in [0.25, 0.3) is 11.8 Å². The standard InChI is InChI=1S/C23H25FN4O3S/c1-15-18(9-12-31-15)22(29)27(2)21(13-17-5-3-4-6-19(17)24)16-7-10-28(11-8-16)23(30)20-14-32-26-25-20/h3-6,9,12,14,16,21H,7-8,10-11,13H2,1-2H3/t21-/m1/s1. The number of aryl methyl sites for hydroxylation is 1. The lowest BCUT2D eigenvalue weighted by atomic mass is 9.84. The Hall–Kier alpha value is -3.07. The van der Waals surface area contributed by atoms with Crippen molar-refractivity contribution in [1.29, 1.82) is 0 Å². The van der Waals surface area contributed by atoms with Crippen LogP contribution in [0, 0.1) is 18.7 Å². The summed E-state index contributed by atoms with van der Waals surface area (Å²) in [4.78, 5) is 29.3. The molecule has 1 aromatic carbocycles. The number of hydrogen-bond acceptors (Lipinski definition) is 6. The molecular weight excluding hydrogens is 431 g/mol. The number of furan rings is 1. The molecule has 7 nitrogen and oxygen atoms in total. The van der Waals surface area contributed by atoms with E-state index in [1.54, 1.807) is 53.4 Å². The number of amides is 2. The Morgan fingerprint density at radius 3 is 2.66 bits per heavy atom. The van der Waals surface area contributed by atoms with Crippen molar-refractivity contribution in [2.75, 3.05) is 20.1 Å². The van der Waals surface area contributed by atoms with E-state index in [9.17, 15) is 14.0 Å². The number of hydrogen-bond donors (Lipinski definition) is 0. The fourth-order valence-corrected chi connectivity index (χ4v) is 4.79. The second kappa shape index (κ2) is 9.60. The van der Waals surface area contributed by atoms with Gasteiger partial charge in [-0.25, -0.2) is 4.39 Å². The van der Waals surface area contributed by atoms with E-state index >= 15 is 0 Å². The van der Waals surface area contributed by atoms with Gasteiger partial charge in [0, 0.05) is 31.6 Å². The zero-order valence-electron chi connectivity index (χ0n) is 18.0. The summed E-state index contributed by atoms with van der Waals surface area (Å²) in [5, 5.41) is 5.52. The van der Waals surface area contributed by atoms with E-state index in [1.165, 1.54) is 12.3 Å². The van der Waals surface area contributed by atoms with Crippen molar-refractivity contribution in [3.8, 4) is 0 Å². The number of benzene rings is 1. The lowest BCUT2D eigenvalue weighted by Crippen LogP contribution is -2.48. The number of aromatic nitrogens is 2. The predicted molar refractivity (Wildman–Crippen MR) is 118 cm³/mol. The molecule has 0 unspecified atom stereocenters. The molecule has 0 N–H and O–H groups in total. The van der Waals surface area contributed by atoms with Crippen LogP contribution in [-0.2, 0) is 6.42 Å². The molecule has 4 rings (SSSR count). The quantitative estimate of drug-likeness (QED) is 0.564. The number of likely N-dealkylation sites (N-methyl/N-ethyl adjacent to an activating group) is 1. The van der Waals surface area contributed by atoms with E-state index in [1.807, 2.05) is 0 Å². The van der Waals surface area contributed by atoms with Crippen LogP contribution in [-0.4, -0.2) is 57.4 Å². The first-order chi connectivity index (χ1) is 15.5. The highest BCUT2D eigenvalue weighted by molar-refractivity contribution is 7.03. The predicted octanol–water partition coefficient (Wildman–Crippen LogP) is 3.81. The third kappa shape index (κ3) is 4.57. The second-order valence-electron chi connectivity index (χ2n) is 8.09. The molecule has 0 radical (unpaired) electrons. The Kier molecular flexibility index (Phi) is 6.64. The Bertz CT molecular complexity index is 1080. The van der Waals surface area contributed by atoms with Crippen LogP contribution in [0.5, 0.6) is 0 Å². The molecule has 0 saturated carbocycles.